The number of nitrogens with one attached hydrogen (secondary N) is 2. The fraction of sp³-hybridized carbons (Fsp3) is 0.458. The van der Waals surface area contributed by atoms with Crippen molar-refractivity contribution in [3.8, 4) is 11.1 Å². The summed E-state index contributed by atoms with van der Waals surface area (Å²) < 4.78 is 0. The fourth-order valence-electron chi connectivity index (χ4n) is 4.04. The molecule has 0 bridgehead atoms. The molecule has 8 heteroatoms. The number of aliphatic carboxylic acids is 1. The molecule has 0 unspecified atom stereocenters. The highest BCUT2D eigenvalue weighted by atomic mass is 32.1. The Kier molecular flexibility index (Phi) is 8.00. The van der Waals surface area contributed by atoms with Crippen LogP contribution in [0.1, 0.15) is 45.1 Å². The molecule has 3 rings (SSSR count). The number of carboxylic acids is 1. The molecule has 1 saturated carbocycles. The van der Waals surface area contributed by atoms with Gasteiger partial charge in [-0.25, -0.2) is 4.79 Å². The molecule has 0 radical (unpaired) electrons. The van der Waals surface area contributed by atoms with E-state index in [0.29, 0.717) is 12.8 Å². The van der Waals surface area contributed by atoms with E-state index < -0.39 is 28.7 Å². The van der Waals surface area contributed by atoms with Gasteiger partial charge in [-0.1, -0.05) is 51.0 Å². The standard InChI is InChI=1S/C24H30N2O4S2/c1-15(2)20(31)21(27)26-24(9-3-4-10-24)23(30)25-19(22(28)29)13-16-6-5-7-17(12-16)18-8-11-32-14-18/h5-8,11-12,14-15,19-20,31H,3-4,9-10,13H2,1-2H3,(H,25,30)(H,26,27)(H,28,29)/t19-,20-/m0/s1. The lowest BCUT2D eigenvalue weighted by atomic mass is 9.94. The third-order valence-electron chi connectivity index (χ3n) is 5.98. The van der Waals surface area contributed by atoms with Crippen LogP contribution >= 0.6 is 24.0 Å². The Hall–Kier alpha value is -2.32. The number of thiophene rings is 1. The Balaban J connectivity index is 1.74. The molecule has 172 valence electrons. The van der Waals surface area contributed by atoms with E-state index in [4.69, 9.17) is 0 Å². The molecule has 0 aliphatic heterocycles. The van der Waals surface area contributed by atoms with Crippen molar-refractivity contribution in [2.24, 2.45) is 5.92 Å². The lowest BCUT2D eigenvalue weighted by molar-refractivity contribution is -0.143. The van der Waals surface area contributed by atoms with Gasteiger partial charge in [0.25, 0.3) is 0 Å². The van der Waals surface area contributed by atoms with E-state index in [9.17, 15) is 19.5 Å². The average Bonchev–Trinajstić information content (AvgIpc) is 3.45. The Morgan fingerprint density at radius 2 is 1.88 bits per heavy atom. The van der Waals surface area contributed by atoms with Crippen LogP contribution < -0.4 is 10.6 Å². The number of hydrogen-bond acceptors (Lipinski definition) is 5. The van der Waals surface area contributed by atoms with Crippen LogP contribution in [0, 0.1) is 5.92 Å². The quantitative estimate of drug-likeness (QED) is 0.415. The maximum Gasteiger partial charge on any atom is 0.326 e. The van der Waals surface area contributed by atoms with Gasteiger partial charge >= 0.3 is 5.97 Å². The minimum Gasteiger partial charge on any atom is -0.480 e. The summed E-state index contributed by atoms with van der Waals surface area (Å²) >= 11 is 5.96. The van der Waals surface area contributed by atoms with Crippen molar-refractivity contribution >= 4 is 41.7 Å². The predicted octanol–water partition coefficient (Wildman–Crippen LogP) is 3.91. The van der Waals surface area contributed by atoms with Gasteiger partial charge in [-0.15, -0.1) is 0 Å². The van der Waals surface area contributed by atoms with Crippen LogP contribution in [0.2, 0.25) is 0 Å². The number of benzene rings is 1. The first kappa shape index (κ1) is 24.3. The van der Waals surface area contributed by atoms with Gasteiger partial charge in [0.1, 0.15) is 11.6 Å². The largest absolute Gasteiger partial charge is 0.480 e. The second-order valence-electron chi connectivity index (χ2n) is 8.75. The number of carbonyl (C=O) groups is 3. The number of carboxylic acid groups (broad SMARTS) is 1. The lowest BCUT2D eigenvalue weighted by Gasteiger charge is -2.32. The molecule has 1 aliphatic carbocycles. The highest BCUT2D eigenvalue weighted by Crippen LogP contribution is 2.31. The summed E-state index contributed by atoms with van der Waals surface area (Å²) in [6.07, 6.45) is 2.73. The van der Waals surface area contributed by atoms with Crippen LogP contribution in [-0.4, -0.2) is 39.7 Å². The van der Waals surface area contributed by atoms with Crippen LogP contribution in [0.15, 0.2) is 41.1 Å². The van der Waals surface area contributed by atoms with Crippen molar-refractivity contribution in [1.29, 1.82) is 0 Å². The molecule has 1 aliphatic rings. The molecule has 1 aromatic carbocycles. The Bertz CT molecular complexity index is 953. The van der Waals surface area contributed by atoms with Crippen LogP contribution in [0.4, 0.5) is 0 Å². The molecule has 1 fully saturated rings. The zero-order valence-corrected chi connectivity index (χ0v) is 20.0. The SMILES string of the molecule is CC(C)[C@H](S)C(=O)NC1(C(=O)N[C@@H](Cc2cccc(-c3ccsc3)c2)C(=O)O)CCCC1. The van der Waals surface area contributed by atoms with E-state index >= 15 is 0 Å². The van der Waals surface area contributed by atoms with Gasteiger partial charge < -0.3 is 15.7 Å². The number of thiol groups is 1. The topological polar surface area (TPSA) is 95.5 Å². The molecule has 32 heavy (non-hydrogen) atoms. The monoisotopic (exact) mass is 474 g/mol. The van der Waals surface area contributed by atoms with Crippen molar-refractivity contribution in [2.75, 3.05) is 0 Å². The summed E-state index contributed by atoms with van der Waals surface area (Å²) in [7, 11) is 0. The zero-order valence-electron chi connectivity index (χ0n) is 18.3. The molecule has 1 aromatic heterocycles. The van der Waals surface area contributed by atoms with Gasteiger partial charge in [-0.05, 0) is 52.3 Å². The van der Waals surface area contributed by atoms with Crippen LogP contribution in [0.3, 0.4) is 0 Å². The van der Waals surface area contributed by atoms with E-state index in [1.54, 1.807) is 11.3 Å². The average molecular weight is 475 g/mol. The summed E-state index contributed by atoms with van der Waals surface area (Å²) in [4.78, 5) is 37.8. The van der Waals surface area contributed by atoms with E-state index in [-0.39, 0.29) is 18.2 Å². The van der Waals surface area contributed by atoms with Crippen LogP contribution in [0.5, 0.6) is 0 Å². The van der Waals surface area contributed by atoms with Crippen molar-refractivity contribution in [3.63, 3.8) is 0 Å². The van der Waals surface area contributed by atoms with E-state index in [1.165, 1.54) is 0 Å². The van der Waals surface area contributed by atoms with E-state index in [2.05, 4.69) is 23.3 Å². The van der Waals surface area contributed by atoms with E-state index in [1.807, 2.05) is 54.9 Å². The second-order valence-corrected chi connectivity index (χ2v) is 10.1. The van der Waals surface area contributed by atoms with Gasteiger partial charge in [-0.2, -0.15) is 24.0 Å². The minimum absolute atomic E-state index is 0.0159. The molecule has 0 spiro atoms. The molecule has 1 heterocycles. The molecular weight excluding hydrogens is 444 g/mol. The molecular formula is C24H30N2O4S2. The number of amides is 2. The fourth-order valence-corrected chi connectivity index (χ4v) is 4.77. The Morgan fingerprint density at radius 3 is 2.47 bits per heavy atom. The zero-order chi connectivity index (χ0) is 23.3. The number of carbonyl (C=O) groups excluding carboxylic acids is 2. The third kappa shape index (κ3) is 5.72. The highest BCUT2D eigenvalue weighted by molar-refractivity contribution is 7.81. The normalized spacial score (nSPS) is 17.0. The number of hydrogen-bond donors (Lipinski definition) is 4. The van der Waals surface area contributed by atoms with Crippen molar-refractivity contribution in [3.05, 3.63) is 46.7 Å². The summed E-state index contributed by atoms with van der Waals surface area (Å²) in [6.45, 7) is 3.78. The lowest BCUT2D eigenvalue weighted by Crippen LogP contribution is -2.61. The summed E-state index contributed by atoms with van der Waals surface area (Å²) in [5, 5.41) is 18.9. The Labute approximate surface area is 198 Å². The molecule has 0 saturated heterocycles. The first-order chi connectivity index (χ1) is 15.2. The molecule has 2 atom stereocenters. The van der Waals surface area contributed by atoms with Gasteiger partial charge in [0.2, 0.25) is 11.8 Å². The first-order valence-corrected chi connectivity index (χ1v) is 12.3. The highest BCUT2D eigenvalue weighted by Gasteiger charge is 2.44. The summed E-state index contributed by atoms with van der Waals surface area (Å²) in [5.41, 5.74) is 1.82. The minimum atomic E-state index is -1.10. The van der Waals surface area contributed by atoms with Crippen LogP contribution in [-0.2, 0) is 20.8 Å². The second kappa shape index (κ2) is 10.5. The number of rotatable bonds is 9. The molecule has 3 N–H and O–H groups in total. The summed E-state index contributed by atoms with van der Waals surface area (Å²) in [5.74, 6) is -1.82. The van der Waals surface area contributed by atoms with Gasteiger partial charge in [0.05, 0.1) is 5.25 Å². The predicted molar refractivity (Wildman–Crippen MR) is 130 cm³/mol. The molecule has 6 nitrogen and oxygen atoms in total. The first-order valence-electron chi connectivity index (χ1n) is 10.9. The molecule has 2 aromatic rings. The molecule has 2 amide bonds. The summed E-state index contributed by atoms with van der Waals surface area (Å²) in [6, 6.07) is 8.60. The Morgan fingerprint density at radius 1 is 1.16 bits per heavy atom. The smallest absolute Gasteiger partial charge is 0.326 e. The van der Waals surface area contributed by atoms with Gasteiger partial charge in [0, 0.05) is 6.42 Å². The van der Waals surface area contributed by atoms with E-state index in [0.717, 1.165) is 29.5 Å². The van der Waals surface area contributed by atoms with Crippen LogP contribution in [0.25, 0.3) is 11.1 Å². The maximum absolute atomic E-state index is 13.2. The van der Waals surface area contributed by atoms with Crippen molar-refractivity contribution < 1.29 is 19.5 Å². The van der Waals surface area contributed by atoms with Crippen molar-refractivity contribution in [1.82, 2.24) is 10.6 Å². The van der Waals surface area contributed by atoms with Gasteiger partial charge in [-0.3, -0.25) is 9.59 Å². The third-order valence-corrected chi connectivity index (χ3v) is 7.49. The van der Waals surface area contributed by atoms with Gasteiger partial charge in [0.15, 0.2) is 0 Å². The van der Waals surface area contributed by atoms with Crippen molar-refractivity contribution in [2.45, 2.75) is 62.8 Å². The maximum atomic E-state index is 13.2.